The second-order valence-corrected chi connectivity index (χ2v) is 6.42. The van der Waals surface area contributed by atoms with Crippen molar-refractivity contribution in [3.05, 3.63) is 28.0 Å². The molecule has 2 aromatic rings. The minimum absolute atomic E-state index is 0.127. The van der Waals surface area contributed by atoms with Gasteiger partial charge in [-0.05, 0) is 38.8 Å². The summed E-state index contributed by atoms with van der Waals surface area (Å²) in [6, 6.07) is 0. The Hall–Kier alpha value is -2.15. The smallest absolute Gasteiger partial charge is 0.265 e. The summed E-state index contributed by atoms with van der Waals surface area (Å²) >= 11 is 0. The summed E-state index contributed by atoms with van der Waals surface area (Å²) in [7, 11) is 1.62. The van der Waals surface area contributed by atoms with Crippen LogP contribution in [0.15, 0.2) is 15.5 Å². The van der Waals surface area contributed by atoms with Crippen LogP contribution in [0, 0.1) is 12.8 Å². The van der Waals surface area contributed by atoms with Gasteiger partial charge in [0.25, 0.3) is 11.5 Å². The Morgan fingerprint density at radius 3 is 2.79 bits per heavy atom. The second kappa shape index (κ2) is 6.76. The van der Waals surface area contributed by atoms with Crippen molar-refractivity contribution in [1.82, 2.24) is 19.8 Å². The minimum Gasteiger partial charge on any atom is -0.442 e. The third-order valence-corrected chi connectivity index (χ3v) is 4.75. The van der Waals surface area contributed by atoms with Crippen LogP contribution in [0.25, 0.3) is 11.1 Å². The SMILES string of the molecule is CCNCC1CCN(C(=O)c2c(C)oc3ncn(C)c(=O)c23)CC1. The number of fused-ring (bicyclic) bond motifs is 1. The number of aromatic nitrogens is 2. The third kappa shape index (κ3) is 2.96. The molecule has 0 atom stereocenters. The molecular weight excluding hydrogens is 308 g/mol. The number of nitrogens with zero attached hydrogens (tertiary/aromatic N) is 3. The van der Waals surface area contributed by atoms with Crippen molar-refractivity contribution in [1.29, 1.82) is 0 Å². The second-order valence-electron chi connectivity index (χ2n) is 6.42. The Morgan fingerprint density at radius 2 is 2.12 bits per heavy atom. The Balaban J connectivity index is 1.84. The van der Waals surface area contributed by atoms with Crippen LogP contribution in [-0.4, -0.2) is 46.5 Å². The highest BCUT2D eigenvalue weighted by atomic mass is 16.3. The zero-order valence-corrected chi connectivity index (χ0v) is 14.5. The molecule has 1 fully saturated rings. The molecule has 2 aromatic heterocycles. The molecule has 0 radical (unpaired) electrons. The molecule has 130 valence electrons. The highest BCUT2D eigenvalue weighted by Gasteiger charge is 2.29. The van der Waals surface area contributed by atoms with Gasteiger partial charge in [0, 0.05) is 20.1 Å². The molecular formula is C17H24N4O3. The quantitative estimate of drug-likeness (QED) is 0.913. The van der Waals surface area contributed by atoms with Crippen molar-refractivity contribution in [3.63, 3.8) is 0 Å². The number of amides is 1. The van der Waals surface area contributed by atoms with Crippen molar-refractivity contribution in [2.24, 2.45) is 13.0 Å². The van der Waals surface area contributed by atoms with E-state index in [1.54, 1.807) is 14.0 Å². The van der Waals surface area contributed by atoms with E-state index in [-0.39, 0.29) is 22.6 Å². The molecule has 3 rings (SSSR count). The molecule has 1 aliphatic rings. The molecule has 7 nitrogen and oxygen atoms in total. The Bertz CT molecular complexity index is 800. The van der Waals surface area contributed by atoms with Crippen molar-refractivity contribution >= 4 is 17.0 Å². The standard InChI is InChI=1S/C17H24N4O3/c1-4-18-9-12-5-7-21(8-6-12)17(23)13-11(2)24-15-14(13)16(22)20(3)10-19-15/h10,12,18H,4-9H2,1-3H3. The fourth-order valence-corrected chi connectivity index (χ4v) is 3.29. The van der Waals surface area contributed by atoms with E-state index in [0.717, 1.165) is 25.9 Å². The maximum Gasteiger partial charge on any atom is 0.265 e. The van der Waals surface area contributed by atoms with Crippen LogP contribution in [0.5, 0.6) is 0 Å². The van der Waals surface area contributed by atoms with Gasteiger partial charge < -0.3 is 19.2 Å². The zero-order valence-electron chi connectivity index (χ0n) is 14.5. The number of carbonyl (C=O) groups is 1. The van der Waals surface area contributed by atoms with E-state index in [9.17, 15) is 9.59 Å². The molecule has 0 spiro atoms. The lowest BCUT2D eigenvalue weighted by Gasteiger charge is -2.32. The first-order chi connectivity index (χ1) is 11.5. The first-order valence-corrected chi connectivity index (χ1v) is 8.47. The fourth-order valence-electron chi connectivity index (χ4n) is 3.29. The predicted molar refractivity (Wildman–Crippen MR) is 91.2 cm³/mol. The van der Waals surface area contributed by atoms with E-state index < -0.39 is 0 Å². The molecule has 0 aliphatic carbocycles. The fraction of sp³-hybridized carbons (Fsp3) is 0.588. The highest BCUT2D eigenvalue weighted by Crippen LogP contribution is 2.25. The number of piperidine rings is 1. The molecule has 1 N–H and O–H groups in total. The molecule has 0 aromatic carbocycles. The van der Waals surface area contributed by atoms with Gasteiger partial charge in [-0.2, -0.15) is 0 Å². The maximum absolute atomic E-state index is 13.0. The molecule has 3 heterocycles. The summed E-state index contributed by atoms with van der Waals surface area (Å²) in [5.41, 5.74) is 0.354. The maximum atomic E-state index is 13.0. The van der Waals surface area contributed by atoms with Crippen LogP contribution < -0.4 is 10.9 Å². The summed E-state index contributed by atoms with van der Waals surface area (Å²) in [5.74, 6) is 0.935. The minimum atomic E-state index is -0.248. The first-order valence-electron chi connectivity index (χ1n) is 8.47. The molecule has 1 saturated heterocycles. The van der Waals surface area contributed by atoms with Crippen LogP contribution in [0.1, 0.15) is 35.9 Å². The summed E-state index contributed by atoms with van der Waals surface area (Å²) < 4.78 is 6.91. The van der Waals surface area contributed by atoms with E-state index in [2.05, 4.69) is 17.2 Å². The summed E-state index contributed by atoms with van der Waals surface area (Å²) in [6.45, 7) is 7.20. The first kappa shape index (κ1) is 16.7. The van der Waals surface area contributed by atoms with Crippen LogP contribution >= 0.6 is 0 Å². The number of aryl methyl sites for hydroxylation is 2. The number of hydrogen-bond acceptors (Lipinski definition) is 5. The van der Waals surface area contributed by atoms with Gasteiger partial charge in [-0.15, -0.1) is 0 Å². The average Bonchev–Trinajstić information content (AvgIpc) is 2.93. The van der Waals surface area contributed by atoms with E-state index in [4.69, 9.17) is 4.42 Å². The van der Waals surface area contributed by atoms with Crippen molar-refractivity contribution in [2.45, 2.75) is 26.7 Å². The normalized spacial score (nSPS) is 16.0. The summed E-state index contributed by atoms with van der Waals surface area (Å²) in [5, 5.41) is 3.65. The van der Waals surface area contributed by atoms with E-state index in [0.29, 0.717) is 30.3 Å². The number of rotatable bonds is 4. The number of hydrogen-bond donors (Lipinski definition) is 1. The highest BCUT2D eigenvalue weighted by molar-refractivity contribution is 6.06. The van der Waals surface area contributed by atoms with Gasteiger partial charge in [-0.25, -0.2) is 4.98 Å². The Kier molecular flexibility index (Phi) is 4.71. The van der Waals surface area contributed by atoms with Gasteiger partial charge in [-0.3, -0.25) is 9.59 Å². The molecule has 0 saturated carbocycles. The topological polar surface area (TPSA) is 80.4 Å². The van der Waals surface area contributed by atoms with E-state index in [1.807, 2.05) is 4.90 Å². The lowest BCUT2D eigenvalue weighted by Crippen LogP contribution is -2.41. The van der Waals surface area contributed by atoms with Gasteiger partial charge in [0.2, 0.25) is 5.71 Å². The van der Waals surface area contributed by atoms with E-state index in [1.165, 1.54) is 10.9 Å². The Labute approximate surface area is 140 Å². The van der Waals surface area contributed by atoms with Crippen molar-refractivity contribution < 1.29 is 9.21 Å². The van der Waals surface area contributed by atoms with Crippen LogP contribution in [-0.2, 0) is 7.05 Å². The third-order valence-electron chi connectivity index (χ3n) is 4.75. The van der Waals surface area contributed by atoms with Gasteiger partial charge in [0.15, 0.2) is 0 Å². The van der Waals surface area contributed by atoms with Crippen molar-refractivity contribution in [2.75, 3.05) is 26.2 Å². The number of nitrogens with one attached hydrogen (secondary N) is 1. The average molecular weight is 332 g/mol. The molecule has 0 unspecified atom stereocenters. The number of carbonyl (C=O) groups excluding carboxylic acids is 1. The molecule has 7 heteroatoms. The predicted octanol–water partition coefficient (Wildman–Crippen LogP) is 1.30. The van der Waals surface area contributed by atoms with Gasteiger partial charge >= 0.3 is 0 Å². The molecule has 0 bridgehead atoms. The van der Waals surface area contributed by atoms with Gasteiger partial charge in [0.1, 0.15) is 17.5 Å². The van der Waals surface area contributed by atoms with Crippen molar-refractivity contribution in [3.8, 4) is 0 Å². The monoisotopic (exact) mass is 332 g/mol. The largest absolute Gasteiger partial charge is 0.442 e. The van der Waals surface area contributed by atoms with Crippen LogP contribution in [0.4, 0.5) is 0 Å². The van der Waals surface area contributed by atoms with Crippen LogP contribution in [0.3, 0.4) is 0 Å². The lowest BCUT2D eigenvalue weighted by atomic mass is 9.96. The number of likely N-dealkylation sites (tertiary alicyclic amines) is 1. The summed E-state index contributed by atoms with van der Waals surface area (Å²) in [4.78, 5) is 31.3. The van der Waals surface area contributed by atoms with Gasteiger partial charge in [-0.1, -0.05) is 6.92 Å². The summed E-state index contributed by atoms with van der Waals surface area (Å²) in [6.07, 6.45) is 3.36. The zero-order chi connectivity index (χ0) is 17.3. The lowest BCUT2D eigenvalue weighted by molar-refractivity contribution is 0.0690. The Morgan fingerprint density at radius 1 is 1.42 bits per heavy atom. The van der Waals surface area contributed by atoms with Crippen LogP contribution in [0.2, 0.25) is 0 Å². The van der Waals surface area contributed by atoms with Gasteiger partial charge in [0.05, 0.1) is 5.56 Å². The molecule has 1 amide bonds. The number of furan rings is 1. The molecule has 24 heavy (non-hydrogen) atoms. The molecule has 1 aliphatic heterocycles. The van der Waals surface area contributed by atoms with E-state index >= 15 is 0 Å².